The van der Waals surface area contributed by atoms with Crippen molar-refractivity contribution >= 4 is 34.1 Å². The number of aromatic nitrogens is 4. The Morgan fingerprint density at radius 3 is 2.34 bits per heavy atom. The second-order valence-corrected chi connectivity index (χ2v) is 7.56. The zero-order valence-electron chi connectivity index (χ0n) is 17.6. The number of fused-ring (bicyclic) bond motifs is 1. The van der Waals surface area contributed by atoms with E-state index in [1.54, 1.807) is 0 Å². The molecule has 0 aliphatic carbocycles. The van der Waals surface area contributed by atoms with E-state index in [2.05, 4.69) is 25.3 Å². The minimum Gasteiger partial charge on any atom is -0.360 e. The number of nitrogens with zero attached hydrogens (tertiary/aromatic N) is 4. The fourth-order valence-electron chi connectivity index (χ4n) is 3.21. The van der Waals surface area contributed by atoms with Crippen LogP contribution in [0.3, 0.4) is 0 Å². The number of nitrogens with one attached hydrogen (secondary N) is 1. The number of ether oxygens (including phenoxy) is 1. The van der Waals surface area contributed by atoms with Gasteiger partial charge in [-0.3, -0.25) is 4.98 Å². The second-order valence-electron chi connectivity index (χ2n) is 7.17. The summed E-state index contributed by atoms with van der Waals surface area (Å²) in [6.07, 6.45) is -7.33. The summed E-state index contributed by atoms with van der Waals surface area (Å²) in [5.74, 6) is 0.0770. The quantitative estimate of drug-likeness (QED) is 0.235. The lowest BCUT2D eigenvalue weighted by atomic mass is 10.1. The van der Waals surface area contributed by atoms with Crippen LogP contribution in [-0.4, -0.2) is 27.0 Å². The summed E-state index contributed by atoms with van der Waals surface area (Å²) < 4.78 is 84.0. The first-order valence-corrected chi connectivity index (χ1v) is 10.2. The molecule has 0 spiro atoms. The van der Waals surface area contributed by atoms with Gasteiger partial charge in [0.15, 0.2) is 11.2 Å². The average Bonchev–Trinajstić information content (AvgIpc) is 2.82. The van der Waals surface area contributed by atoms with Gasteiger partial charge < -0.3 is 10.1 Å². The molecule has 1 unspecified atom stereocenters. The van der Waals surface area contributed by atoms with Crippen LogP contribution in [0.1, 0.15) is 22.4 Å². The van der Waals surface area contributed by atoms with E-state index in [4.69, 9.17) is 16.3 Å². The summed E-state index contributed by atoms with van der Waals surface area (Å²) in [4.78, 5) is 16.1. The van der Waals surface area contributed by atoms with Gasteiger partial charge in [-0.15, -0.1) is 0 Å². The van der Waals surface area contributed by atoms with Crippen molar-refractivity contribution in [2.75, 3.05) is 12.4 Å². The van der Waals surface area contributed by atoms with Gasteiger partial charge in [-0.1, -0.05) is 11.6 Å². The van der Waals surface area contributed by atoms with E-state index in [0.717, 1.165) is 18.2 Å². The summed E-state index contributed by atoms with van der Waals surface area (Å²) in [5, 5.41) is 3.22. The summed E-state index contributed by atoms with van der Waals surface area (Å²) >= 11 is 6.14. The highest BCUT2D eigenvalue weighted by Gasteiger charge is 2.35. The molecule has 1 atom stereocenters. The molecule has 35 heavy (non-hydrogen) atoms. The van der Waals surface area contributed by atoms with Crippen molar-refractivity contribution in [1.29, 1.82) is 0 Å². The Morgan fingerprint density at radius 1 is 0.943 bits per heavy atom. The highest BCUT2D eigenvalue weighted by Crippen LogP contribution is 2.37. The molecule has 182 valence electrons. The molecule has 13 heteroatoms. The predicted molar refractivity (Wildman–Crippen MR) is 116 cm³/mol. The molecule has 0 aliphatic rings. The number of methoxy groups -OCH3 is 1. The first-order valence-electron chi connectivity index (χ1n) is 9.79. The van der Waals surface area contributed by atoms with Gasteiger partial charge in [-0.25, -0.2) is 15.0 Å². The number of alkyl halides is 7. The Balaban J connectivity index is 1.82. The predicted octanol–water partition coefficient (Wildman–Crippen LogP) is 6.75. The lowest BCUT2D eigenvalue weighted by Crippen LogP contribution is -2.09. The van der Waals surface area contributed by atoms with Gasteiger partial charge in [0.1, 0.15) is 11.5 Å². The smallest absolute Gasteiger partial charge is 0.360 e. The van der Waals surface area contributed by atoms with Crippen LogP contribution in [0.4, 0.5) is 37.8 Å². The van der Waals surface area contributed by atoms with Gasteiger partial charge in [0, 0.05) is 24.9 Å². The molecule has 0 fully saturated rings. The van der Waals surface area contributed by atoms with Gasteiger partial charge >= 0.3 is 12.4 Å². The maximum absolute atomic E-state index is 13.5. The third kappa shape index (κ3) is 5.28. The number of rotatable bonds is 5. The molecule has 4 aromatic heterocycles. The first-order chi connectivity index (χ1) is 16.5. The van der Waals surface area contributed by atoms with Crippen molar-refractivity contribution in [1.82, 2.24) is 19.9 Å². The molecule has 0 radical (unpaired) electrons. The lowest BCUT2D eigenvalue weighted by molar-refractivity contribution is -0.138. The summed E-state index contributed by atoms with van der Waals surface area (Å²) in [7, 11) is 1.32. The van der Waals surface area contributed by atoms with Crippen molar-refractivity contribution in [3.05, 3.63) is 71.7 Å². The molecule has 1 N–H and O–H groups in total. The van der Waals surface area contributed by atoms with Crippen LogP contribution in [0.25, 0.3) is 22.4 Å². The zero-order valence-corrected chi connectivity index (χ0v) is 18.4. The zero-order chi connectivity index (χ0) is 25.4. The number of pyridine rings is 4. The minimum atomic E-state index is -4.66. The molecule has 6 nitrogen and oxygen atoms in total. The first kappa shape index (κ1) is 24.6. The van der Waals surface area contributed by atoms with E-state index >= 15 is 0 Å². The summed E-state index contributed by atoms with van der Waals surface area (Å²) in [6, 6.07) is 8.32. The van der Waals surface area contributed by atoms with E-state index in [0.29, 0.717) is 17.3 Å². The van der Waals surface area contributed by atoms with Gasteiger partial charge in [0.25, 0.3) is 0 Å². The Hall–Kier alpha value is -3.51. The van der Waals surface area contributed by atoms with Crippen LogP contribution >= 0.6 is 11.6 Å². The number of hydrogen-bond acceptors (Lipinski definition) is 6. The lowest BCUT2D eigenvalue weighted by Gasteiger charge is -2.15. The highest BCUT2D eigenvalue weighted by atomic mass is 35.5. The van der Waals surface area contributed by atoms with Crippen LogP contribution in [0.2, 0.25) is 0 Å². The van der Waals surface area contributed by atoms with Gasteiger partial charge in [-0.05, 0) is 42.5 Å². The van der Waals surface area contributed by atoms with Crippen LogP contribution in [0, 0.1) is 0 Å². The van der Waals surface area contributed by atoms with Crippen LogP contribution < -0.4 is 5.32 Å². The van der Waals surface area contributed by atoms with Crippen molar-refractivity contribution in [2.24, 2.45) is 0 Å². The molecule has 0 saturated carbocycles. The average molecular weight is 514 g/mol. The summed E-state index contributed by atoms with van der Waals surface area (Å²) in [5.41, 5.74) is -2.93. The van der Waals surface area contributed by atoms with Crippen molar-refractivity contribution < 1.29 is 31.1 Å². The van der Waals surface area contributed by atoms with Crippen LogP contribution in [0.5, 0.6) is 0 Å². The molecule has 0 bridgehead atoms. The molecule has 4 rings (SSSR count). The Morgan fingerprint density at radius 2 is 1.71 bits per heavy atom. The molecular weight excluding hydrogens is 500 g/mol. The maximum atomic E-state index is 13.5. The van der Waals surface area contributed by atoms with E-state index < -0.39 is 29.0 Å². The third-order valence-corrected chi connectivity index (χ3v) is 5.24. The number of hydrogen-bond donors (Lipinski definition) is 1. The van der Waals surface area contributed by atoms with Gasteiger partial charge in [-0.2, -0.15) is 26.3 Å². The SMILES string of the molecule is COC(Cl)c1cc(Nc2ccc(C(F)(F)F)cn2)c2ccc(-c3ncccc3C(F)(F)F)nc2n1. The molecule has 0 aromatic carbocycles. The monoisotopic (exact) mass is 513 g/mol. The molecule has 4 heterocycles. The fourth-order valence-corrected chi connectivity index (χ4v) is 3.32. The minimum absolute atomic E-state index is 0.0101. The second kappa shape index (κ2) is 9.27. The molecule has 0 aliphatic heterocycles. The standard InChI is InChI=1S/C22H14ClF6N5O/c1-35-19(23)16-9-15(32-17-7-4-11(10-31-17)21(24,25)26)12-5-6-14(33-20(12)34-16)18-13(22(27,28)29)3-2-8-30-18/h2-10,19H,1H3,(H,31,32,33,34). The van der Waals surface area contributed by atoms with Crippen molar-refractivity contribution in [2.45, 2.75) is 17.9 Å². The number of halogens is 7. The number of anilines is 2. The highest BCUT2D eigenvalue weighted by molar-refractivity contribution is 6.19. The molecule has 0 saturated heterocycles. The molecule has 0 amide bonds. The van der Waals surface area contributed by atoms with Gasteiger partial charge in [0.2, 0.25) is 0 Å². The largest absolute Gasteiger partial charge is 0.418 e. The molecular formula is C22H14ClF6N5O. The van der Waals surface area contributed by atoms with E-state index in [1.807, 2.05) is 0 Å². The fraction of sp³-hybridized carbons (Fsp3) is 0.182. The van der Waals surface area contributed by atoms with Crippen molar-refractivity contribution in [3.8, 4) is 11.4 Å². The third-order valence-electron chi connectivity index (χ3n) is 4.84. The molecule has 4 aromatic rings. The Kier molecular flexibility index (Phi) is 6.52. The van der Waals surface area contributed by atoms with E-state index in [-0.39, 0.29) is 28.5 Å². The Labute approximate surface area is 199 Å². The van der Waals surface area contributed by atoms with Crippen LogP contribution in [0.15, 0.2) is 54.9 Å². The van der Waals surface area contributed by atoms with Gasteiger partial charge in [0.05, 0.1) is 28.2 Å². The normalized spacial score (nSPS) is 13.1. The van der Waals surface area contributed by atoms with E-state index in [9.17, 15) is 26.3 Å². The summed E-state index contributed by atoms with van der Waals surface area (Å²) in [6.45, 7) is 0. The van der Waals surface area contributed by atoms with Crippen molar-refractivity contribution in [3.63, 3.8) is 0 Å². The Bertz CT molecular complexity index is 1360. The van der Waals surface area contributed by atoms with E-state index in [1.165, 1.54) is 37.6 Å². The maximum Gasteiger partial charge on any atom is 0.418 e. The topological polar surface area (TPSA) is 72.8 Å². The van der Waals surface area contributed by atoms with Crippen LogP contribution in [-0.2, 0) is 17.1 Å².